The van der Waals surface area contributed by atoms with Crippen LogP contribution in [0.1, 0.15) is 0 Å². The van der Waals surface area contributed by atoms with Gasteiger partial charge in [-0.3, -0.25) is 0 Å². The van der Waals surface area contributed by atoms with Gasteiger partial charge in [0.2, 0.25) is 0 Å². The fraction of sp³-hybridized carbons (Fsp3) is 0. The first-order chi connectivity index (χ1) is 1.73. The van der Waals surface area contributed by atoms with Gasteiger partial charge in [-0.1, -0.05) is 0 Å². The standard InChI is InChI=1S/2Na.3O.Ti/q2*+1;;2*-1;. The number of hydrogen-bond donors (Lipinski definition) is 0. The number of rotatable bonds is 0. The van der Waals surface area contributed by atoms with Gasteiger partial charge in [-0.2, -0.15) is 0 Å². The quantitative estimate of drug-likeness (QED) is 0.315. The summed E-state index contributed by atoms with van der Waals surface area (Å²) in [4.78, 5) is 0. The van der Waals surface area contributed by atoms with E-state index in [4.69, 9.17) is 10.7 Å². The van der Waals surface area contributed by atoms with Crippen molar-refractivity contribution in [2.45, 2.75) is 0 Å². The van der Waals surface area contributed by atoms with Crippen molar-refractivity contribution in [3.8, 4) is 0 Å². The summed E-state index contributed by atoms with van der Waals surface area (Å²) in [6.07, 6.45) is 0. The van der Waals surface area contributed by atoms with E-state index in [9.17, 15) is 0 Å². The van der Waals surface area contributed by atoms with E-state index in [0.717, 1.165) is 0 Å². The first kappa shape index (κ1) is 15.8. The topological polar surface area (TPSA) is 63.2 Å². The van der Waals surface area contributed by atoms with E-state index in [1.54, 1.807) is 0 Å². The molecular formula is Na2O3Ti. The summed E-state index contributed by atoms with van der Waals surface area (Å²) in [6, 6.07) is 0. The molecule has 24 valence electrons. The Labute approximate surface area is 86.8 Å². The summed E-state index contributed by atoms with van der Waals surface area (Å²) in [6.45, 7) is 0. The van der Waals surface area contributed by atoms with Crippen LogP contribution in [0.25, 0.3) is 0 Å². The van der Waals surface area contributed by atoms with E-state index in [-0.39, 0.29) is 59.1 Å². The van der Waals surface area contributed by atoms with E-state index < -0.39 is 18.6 Å². The summed E-state index contributed by atoms with van der Waals surface area (Å²) in [5, 5.41) is 0. The van der Waals surface area contributed by atoms with Crippen molar-refractivity contribution in [3.63, 3.8) is 0 Å². The molecule has 6 heteroatoms. The molecule has 0 fully saturated rings. The molecule has 0 saturated carbocycles. The zero-order chi connectivity index (χ0) is 3.58. The minimum absolute atomic E-state index is 0. The third kappa shape index (κ3) is 32.1. The van der Waals surface area contributed by atoms with Gasteiger partial charge in [0.15, 0.2) is 0 Å². The summed E-state index contributed by atoms with van der Waals surface area (Å²) in [5.41, 5.74) is 0. The maximum atomic E-state index is 8.58. The molecule has 0 aliphatic heterocycles. The third-order valence-electron chi connectivity index (χ3n) is 0. The van der Waals surface area contributed by atoms with Crippen molar-refractivity contribution in [1.29, 1.82) is 0 Å². The van der Waals surface area contributed by atoms with Gasteiger partial charge in [-0.25, -0.2) is 0 Å². The molecular weight excluding hydrogens is 142 g/mol. The van der Waals surface area contributed by atoms with Gasteiger partial charge >= 0.3 is 88.4 Å². The van der Waals surface area contributed by atoms with Crippen LogP contribution < -0.4 is 66.5 Å². The summed E-state index contributed by atoms with van der Waals surface area (Å²) < 4.78 is 25.8. The van der Waals surface area contributed by atoms with E-state index in [0.29, 0.717) is 0 Å². The van der Waals surface area contributed by atoms with Crippen molar-refractivity contribution in [2.24, 2.45) is 0 Å². The molecule has 0 amide bonds. The second-order valence-corrected chi connectivity index (χ2v) is 1.03. The predicted molar refractivity (Wildman–Crippen MR) is 0.686 cm³/mol. The molecule has 0 aliphatic carbocycles. The van der Waals surface area contributed by atoms with Gasteiger partial charge in [0.05, 0.1) is 0 Å². The van der Waals surface area contributed by atoms with Crippen molar-refractivity contribution in [2.75, 3.05) is 0 Å². The van der Waals surface area contributed by atoms with Crippen LogP contribution in [0.5, 0.6) is 0 Å². The molecule has 0 heterocycles. The fourth-order valence-electron chi connectivity index (χ4n) is 0. The van der Waals surface area contributed by atoms with Gasteiger partial charge in [0.1, 0.15) is 0 Å². The molecule has 0 N–H and O–H groups in total. The molecule has 3 nitrogen and oxygen atoms in total. The molecule has 0 aromatic rings. The van der Waals surface area contributed by atoms with Crippen LogP contribution in [0.4, 0.5) is 0 Å². The normalized spacial score (nSPS) is 4.33. The Balaban J connectivity index is -0.0000000450. The Morgan fingerprint density at radius 3 is 1.17 bits per heavy atom. The summed E-state index contributed by atoms with van der Waals surface area (Å²) in [7, 11) is 0. The molecule has 0 bridgehead atoms. The first-order valence-electron chi connectivity index (χ1n) is 0.612. The zero-order valence-electron chi connectivity index (χ0n) is 3.72. The Morgan fingerprint density at radius 2 is 1.17 bits per heavy atom. The van der Waals surface area contributed by atoms with Gasteiger partial charge in [0, 0.05) is 0 Å². The van der Waals surface area contributed by atoms with Crippen molar-refractivity contribution >= 4 is 0 Å². The average Bonchev–Trinajstić information content (AvgIpc) is 0.811. The van der Waals surface area contributed by atoms with Crippen LogP contribution in [-0.2, 0) is 21.9 Å². The fourth-order valence-corrected chi connectivity index (χ4v) is 0. The van der Waals surface area contributed by atoms with Crippen LogP contribution in [0, 0.1) is 0 Å². The predicted octanol–water partition coefficient (Wildman–Crippen LogP) is -8.49. The van der Waals surface area contributed by atoms with E-state index in [1.807, 2.05) is 0 Å². The SMILES string of the molecule is [Na+].[Na+].[O]=[Ti]([O-])[O-]. The molecule has 0 unspecified atom stereocenters. The molecule has 0 radical (unpaired) electrons. The number of hydrogen-bond acceptors (Lipinski definition) is 3. The van der Waals surface area contributed by atoms with Crippen molar-refractivity contribution in [1.82, 2.24) is 0 Å². The molecule has 0 spiro atoms. The van der Waals surface area contributed by atoms with Crippen LogP contribution in [0.2, 0.25) is 0 Å². The molecule has 0 rings (SSSR count). The van der Waals surface area contributed by atoms with Crippen LogP contribution >= 0.6 is 0 Å². The Hall–Kier alpha value is 2.43. The van der Waals surface area contributed by atoms with Crippen LogP contribution in [-0.4, -0.2) is 0 Å². The van der Waals surface area contributed by atoms with Crippen LogP contribution in [0.3, 0.4) is 0 Å². The van der Waals surface area contributed by atoms with Gasteiger partial charge < -0.3 is 0 Å². The molecule has 6 heavy (non-hydrogen) atoms. The third-order valence-corrected chi connectivity index (χ3v) is 0. The first-order valence-corrected chi connectivity index (χ1v) is 2.52. The van der Waals surface area contributed by atoms with Gasteiger partial charge in [0.25, 0.3) is 0 Å². The Bertz CT molecular complexity index is 31.8. The monoisotopic (exact) mass is 142 g/mol. The van der Waals surface area contributed by atoms with Crippen molar-refractivity contribution < 1.29 is 88.4 Å². The minimum atomic E-state index is -4.08. The Kier molecular flexibility index (Phi) is 27.4. The summed E-state index contributed by atoms with van der Waals surface area (Å²) in [5.74, 6) is 0. The molecule has 0 aromatic carbocycles. The van der Waals surface area contributed by atoms with Crippen molar-refractivity contribution in [3.05, 3.63) is 0 Å². The molecule has 0 saturated heterocycles. The zero-order valence-corrected chi connectivity index (χ0v) is 9.29. The van der Waals surface area contributed by atoms with Gasteiger partial charge in [-0.15, -0.1) is 0 Å². The average molecular weight is 142 g/mol. The summed E-state index contributed by atoms with van der Waals surface area (Å²) >= 11 is -4.08. The maximum absolute atomic E-state index is 8.58. The second-order valence-electron chi connectivity index (χ2n) is 0.250. The van der Waals surface area contributed by atoms with E-state index >= 15 is 0 Å². The van der Waals surface area contributed by atoms with Crippen LogP contribution in [0.15, 0.2) is 0 Å². The Morgan fingerprint density at radius 1 is 1.17 bits per heavy atom. The van der Waals surface area contributed by atoms with E-state index in [1.165, 1.54) is 0 Å². The second kappa shape index (κ2) is 10.4. The molecule has 0 aromatic heterocycles. The van der Waals surface area contributed by atoms with Gasteiger partial charge in [-0.05, 0) is 0 Å². The molecule has 0 aliphatic rings. The van der Waals surface area contributed by atoms with E-state index in [2.05, 4.69) is 0 Å². The molecule has 0 atom stereocenters.